The van der Waals surface area contributed by atoms with Crippen molar-refractivity contribution in [2.24, 2.45) is 0 Å². The number of aromatic hydroxyl groups is 1. The van der Waals surface area contributed by atoms with E-state index in [4.69, 9.17) is 9.47 Å². The molecule has 1 heterocycles. The van der Waals surface area contributed by atoms with Crippen LogP contribution < -0.4 is 4.74 Å². The third-order valence-corrected chi connectivity index (χ3v) is 4.07. The fraction of sp³-hybridized carbons (Fsp3) is 0.222. The number of hydrogen-bond donors (Lipinski definition) is 1. The van der Waals surface area contributed by atoms with E-state index >= 15 is 0 Å². The fourth-order valence-corrected chi connectivity index (χ4v) is 3.09. The van der Waals surface area contributed by atoms with Gasteiger partial charge in [0, 0.05) is 24.0 Å². The lowest BCUT2D eigenvalue weighted by Gasteiger charge is -2.10. The Bertz CT molecular complexity index is 839. The van der Waals surface area contributed by atoms with Crippen LogP contribution in [0.5, 0.6) is 11.5 Å². The first kappa shape index (κ1) is 12.5. The highest BCUT2D eigenvalue weighted by Crippen LogP contribution is 2.43. The smallest absolute Gasteiger partial charge is 0.204 e. The number of hydrogen-bond acceptors (Lipinski definition) is 3. The van der Waals surface area contributed by atoms with Gasteiger partial charge in [0.15, 0.2) is 0 Å². The summed E-state index contributed by atoms with van der Waals surface area (Å²) in [5, 5.41) is 14.7. The number of phenols is 1. The first-order valence-electron chi connectivity index (χ1n) is 7.22. The van der Waals surface area contributed by atoms with Gasteiger partial charge in [0.25, 0.3) is 0 Å². The average molecular weight is 280 g/mol. The van der Waals surface area contributed by atoms with E-state index in [1.54, 1.807) is 0 Å². The zero-order valence-corrected chi connectivity index (χ0v) is 11.8. The van der Waals surface area contributed by atoms with Gasteiger partial charge in [0.05, 0.1) is 0 Å². The summed E-state index contributed by atoms with van der Waals surface area (Å²) < 4.78 is 11.3. The molecular weight excluding hydrogens is 264 g/mol. The van der Waals surface area contributed by atoms with Crippen LogP contribution >= 0.6 is 0 Å². The van der Waals surface area contributed by atoms with Crippen LogP contribution in [0.15, 0.2) is 42.5 Å². The molecule has 1 N–H and O–H groups in total. The molecule has 0 bridgehead atoms. The zero-order valence-electron chi connectivity index (χ0n) is 11.8. The highest BCUT2D eigenvalue weighted by molar-refractivity contribution is 6.10. The summed E-state index contributed by atoms with van der Waals surface area (Å²) in [5.74, 6) is 1.05. The van der Waals surface area contributed by atoms with Crippen molar-refractivity contribution in [1.29, 1.82) is 0 Å². The van der Waals surface area contributed by atoms with Crippen LogP contribution in [0.1, 0.15) is 12.5 Å². The molecule has 0 amide bonds. The summed E-state index contributed by atoms with van der Waals surface area (Å²) in [4.78, 5) is 0. The van der Waals surface area contributed by atoms with E-state index in [1.807, 2.05) is 37.3 Å². The number of rotatable bonds is 2. The molecule has 0 fully saturated rings. The quantitative estimate of drug-likeness (QED) is 0.721. The Hall–Kier alpha value is -2.26. The van der Waals surface area contributed by atoms with Crippen molar-refractivity contribution in [2.45, 2.75) is 19.6 Å². The Balaban J connectivity index is 1.97. The minimum absolute atomic E-state index is 0.293. The molecule has 1 atom stereocenters. The van der Waals surface area contributed by atoms with Crippen LogP contribution in [0, 0.1) is 0 Å². The molecule has 106 valence electrons. The summed E-state index contributed by atoms with van der Waals surface area (Å²) in [7, 11) is 0. The van der Waals surface area contributed by atoms with E-state index in [1.165, 1.54) is 0 Å². The molecule has 0 aliphatic carbocycles. The number of phenolic OH excluding ortho intramolecular Hbond substituents is 1. The summed E-state index contributed by atoms with van der Waals surface area (Å²) in [6.07, 6.45) is 0.302. The zero-order chi connectivity index (χ0) is 14.4. The van der Waals surface area contributed by atoms with Gasteiger partial charge in [-0.3, -0.25) is 0 Å². The molecule has 0 spiro atoms. The largest absolute Gasteiger partial charge is 0.507 e. The van der Waals surface area contributed by atoms with Crippen molar-refractivity contribution in [2.75, 3.05) is 6.61 Å². The van der Waals surface area contributed by atoms with Crippen LogP contribution in [0.3, 0.4) is 0 Å². The van der Waals surface area contributed by atoms with Gasteiger partial charge in [-0.25, -0.2) is 0 Å². The van der Waals surface area contributed by atoms with Gasteiger partial charge in [-0.1, -0.05) is 36.4 Å². The molecule has 0 aromatic heterocycles. The number of ether oxygens (including phenoxy) is 2. The second-order valence-electron chi connectivity index (χ2n) is 5.29. The van der Waals surface area contributed by atoms with Gasteiger partial charge in [-0.05, 0) is 29.1 Å². The Morgan fingerprint density at radius 2 is 2.00 bits per heavy atom. The molecule has 3 heteroatoms. The normalized spacial score (nSPS) is 17.1. The van der Waals surface area contributed by atoms with Crippen LogP contribution in [-0.2, 0) is 11.2 Å². The Kier molecular flexibility index (Phi) is 2.76. The molecule has 1 aliphatic heterocycles. The number of benzene rings is 3. The van der Waals surface area contributed by atoms with Gasteiger partial charge >= 0.3 is 0 Å². The van der Waals surface area contributed by atoms with Crippen LogP contribution in [0.2, 0.25) is 0 Å². The molecule has 0 saturated heterocycles. The summed E-state index contributed by atoms with van der Waals surface area (Å²) >= 11 is 0. The Labute approximate surface area is 122 Å². The van der Waals surface area contributed by atoms with Gasteiger partial charge in [-0.2, -0.15) is 0 Å². The first-order chi connectivity index (χ1) is 10.3. The van der Waals surface area contributed by atoms with E-state index in [-0.39, 0.29) is 6.29 Å². The van der Waals surface area contributed by atoms with E-state index in [0.717, 1.165) is 32.9 Å². The van der Waals surface area contributed by atoms with Gasteiger partial charge < -0.3 is 14.6 Å². The van der Waals surface area contributed by atoms with Gasteiger partial charge in [-0.15, -0.1) is 0 Å². The predicted octanol–water partition coefficient (Wildman–Crippen LogP) is 4.00. The molecule has 21 heavy (non-hydrogen) atoms. The van der Waals surface area contributed by atoms with Crippen molar-refractivity contribution < 1.29 is 14.6 Å². The van der Waals surface area contributed by atoms with E-state index < -0.39 is 0 Å². The average Bonchev–Trinajstić information content (AvgIpc) is 2.91. The lowest BCUT2D eigenvalue weighted by Crippen LogP contribution is -2.16. The number of fused-ring (bicyclic) bond motifs is 4. The molecular formula is C18H16O3. The standard InChI is InChI=1S/C18H16O3/c1-2-20-17-10-15-16(21-17)9-14-12-6-4-3-5-11(12)7-8-13(14)18(15)19/h3-9,17,19H,2,10H2,1H3. The van der Waals surface area contributed by atoms with E-state index in [2.05, 4.69) is 12.1 Å². The maximum absolute atomic E-state index is 10.6. The third kappa shape index (κ3) is 1.85. The predicted molar refractivity (Wildman–Crippen MR) is 82.9 cm³/mol. The SMILES string of the molecule is CCOC1Cc2c(cc3c(ccc4ccccc43)c2O)O1. The third-order valence-electron chi connectivity index (χ3n) is 4.07. The molecule has 3 nitrogen and oxygen atoms in total. The molecule has 1 aliphatic rings. The highest BCUT2D eigenvalue weighted by Gasteiger charge is 2.27. The van der Waals surface area contributed by atoms with Gasteiger partial charge in [0.2, 0.25) is 6.29 Å². The lowest BCUT2D eigenvalue weighted by molar-refractivity contribution is -0.0602. The molecule has 0 saturated carbocycles. The summed E-state index contributed by atoms with van der Waals surface area (Å²) in [6, 6.07) is 14.2. The minimum Gasteiger partial charge on any atom is -0.507 e. The molecule has 3 aromatic carbocycles. The van der Waals surface area contributed by atoms with Crippen LogP contribution in [-0.4, -0.2) is 18.0 Å². The highest BCUT2D eigenvalue weighted by atomic mass is 16.7. The maximum Gasteiger partial charge on any atom is 0.204 e. The Morgan fingerprint density at radius 1 is 1.14 bits per heavy atom. The van der Waals surface area contributed by atoms with Crippen LogP contribution in [0.4, 0.5) is 0 Å². The lowest BCUT2D eigenvalue weighted by atomic mass is 9.98. The van der Waals surface area contributed by atoms with Crippen molar-refractivity contribution in [3.8, 4) is 11.5 Å². The monoisotopic (exact) mass is 280 g/mol. The van der Waals surface area contributed by atoms with Crippen molar-refractivity contribution in [3.05, 3.63) is 48.0 Å². The van der Waals surface area contributed by atoms with Crippen molar-refractivity contribution in [1.82, 2.24) is 0 Å². The summed E-state index contributed by atoms with van der Waals surface area (Å²) in [6.45, 7) is 2.54. The maximum atomic E-state index is 10.6. The van der Waals surface area contributed by atoms with Crippen molar-refractivity contribution in [3.63, 3.8) is 0 Å². The second kappa shape index (κ2) is 4.64. The van der Waals surface area contributed by atoms with Crippen molar-refractivity contribution >= 4 is 21.5 Å². The van der Waals surface area contributed by atoms with Gasteiger partial charge in [0.1, 0.15) is 11.5 Å². The topological polar surface area (TPSA) is 38.7 Å². The summed E-state index contributed by atoms with van der Waals surface area (Å²) in [5.41, 5.74) is 0.844. The van der Waals surface area contributed by atoms with E-state index in [0.29, 0.717) is 18.8 Å². The minimum atomic E-state index is -0.293. The van der Waals surface area contributed by atoms with Crippen LogP contribution in [0.25, 0.3) is 21.5 Å². The molecule has 4 rings (SSSR count). The first-order valence-corrected chi connectivity index (χ1v) is 7.22. The van der Waals surface area contributed by atoms with E-state index in [9.17, 15) is 5.11 Å². The second-order valence-corrected chi connectivity index (χ2v) is 5.29. The molecule has 3 aromatic rings. The molecule has 0 radical (unpaired) electrons. The molecule has 1 unspecified atom stereocenters. The fourth-order valence-electron chi connectivity index (χ4n) is 3.09. The Morgan fingerprint density at radius 3 is 2.86 bits per heavy atom.